The molecule has 0 aliphatic carbocycles. The molecule has 1 atom stereocenters. The lowest BCUT2D eigenvalue weighted by Crippen LogP contribution is -2.41. The van der Waals surface area contributed by atoms with Crippen LogP contribution >= 0.6 is 0 Å². The maximum absolute atomic E-state index is 12.6. The first-order valence-electron chi connectivity index (χ1n) is 4.72. The first kappa shape index (κ1) is 11.7. The minimum atomic E-state index is -0.564. The summed E-state index contributed by atoms with van der Waals surface area (Å²) in [6.45, 7) is 0. The number of nitrogens with two attached hydrogens (primary N) is 1. The molecule has 15 heavy (non-hydrogen) atoms. The van der Waals surface area contributed by atoms with Crippen LogP contribution in [0.25, 0.3) is 0 Å². The van der Waals surface area contributed by atoms with Crippen molar-refractivity contribution in [2.45, 2.75) is 12.5 Å². The van der Waals surface area contributed by atoms with E-state index >= 15 is 0 Å². The van der Waals surface area contributed by atoms with E-state index in [1.54, 1.807) is 26.2 Å². The third kappa shape index (κ3) is 3.32. The lowest BCUT2D eigenvalue weighted by atomic mass is 10.1. The van der Waals surface area contributed by atoms with Gasteiger partial charge in [0.05, 0.1) is 6.04 Å². The van der Waals surface area contributed by atoms with E-state index in [1.807, 2.05) is 0 Å². The zero-order valence-corrected chi connectivity index (χ0v) is 8.90. The maximum Gasteiger partial charge on any atom is 0.239 e. The predicted molar refractivity (Wildman–Crippen MR) is 56.8 cm³/mol. The second-order valence-electron chi connectivity index (χ2n) is 3.67. The summed E-state index contributed by atoms with van der Waals surface area (Å²) < 4.78 is 12.6. The second kappa shape index (κ2) is 4.89. The summed E-state index contributed by atoms with van der Waals surface area (Å²) in [7, 11) is 3.32. The Kier molecular flexibility index (Phi) is 3.80. The first-order chi connectivity index (χ1) is 7.00. The van der Waals surface area contributed by atoms with Gasteiger partial charge in [0.1, 0.15) is 5.82 Å². The fourth-order valence-electron chi connectivity index (χ4n) is 1.29. The smallest absolute Gasteiger partial charge is 0.239 e. The maximum atomic E-state index is 12.6. The molecule has 82 valence electrons. The molecule has 0 aliphatic rings. The highest BCUT2D eigenvalue weighted by atomic mass is 19.1. The molecule has 0 aliphatic heterocycles. The number of hydrogen-bond donors (Lipinski definition) is 1. The largest absolute Gasteiger partial charge is 0.347 e. The Hall–Kier alpha value is -1.42. The van der Waals surface area contributed by atoms with Gasteiger partial charge in [0.15, 0.2) is 0 Å². The number of carbonyl (C=O) groups excluding carboxylic acids is 1. The minimum absolute atomic E-state index is 0.126. The van der Waals surface area contributed by atoms with Crippen LogP contribution in [-0.2, 0) is 11.2 Å². The lowest BCUT2D eigenvalue weighted by Gasteiger charge is -2.16. The first-order valence-corrected chi connectivity index (χ1v) is 4.72. The fraction of sp³-hybridized carbons (Fsp3) is 0.364. The molecule has 2 N–H and O–H groups in total. The van der Waals surface area contributed by atoms with Gasteiger partial charge >= 0.3 is 0 Å². The van der Waals surface area contributed by atoms with E-state index in [9.17, 15) is 9.18 Å². The number of likely N-dealkylation sites (N-methyl/N-ethyl adjacent to an activating group) is 1. The Morgan fingerprint density at radius 3 is 2.40 bits per heavy atom. The van der Waals surface area contributed by atoms with Crippen LogP contribution in [0.1, 0.15) is 5.56 Å². The number of rotatable bonds is 3. The van der Waals surface area contributed by atoms with Crippen LogP contribution in [-0.4, -0.2) is 30.9 Å². The molecule has 0 aromatic heterocycles. The quantitative estimate of drug-likeness (QED) is 0.801. The van der Waals surface area contributed by atoms with Gasteiger partial charge in [-0.25, -0.2) is 4.39 Å². The van der Waals surface area contributed by atoms with E-state index in [-0.39, 0.29) is 11.7 Å². The van der Waals surface area contributed by atoms with Crippen molar-refractivity contribution in [3.63, 3.8) is 0 Å². The molecule has 0 heterocycles. The van der Waals surface area contributed by atoms with Gasteiger partial charge in [0.2, 0.25) is 5.91 Å². The third-order valence-corrected chi connectivity index (χ3v) is 2.13. The van der Waals surface area contributed by atoms with Gasteiger partial charge in [-0.05, 0) is 24.1 Å². The Labute approximate surface area is 88.7 Å². The van der Waals surface area contributed by atoms with Gasteiger partial charge in [-0.2, -0.15) is 0 Å². The van der Waals surface area contributed by atoms with Crippen molar-refractivity contribution in [2.24, 2.45) is 5.73 Å². The molecular weight excluding hydrogens is 195 g/mol. The summed E-state index contributed by atoms with van der Waals surface area (Å²) in [5.74, 6) is -0.411. The fourth-order valence-corrected chi connectivity index (χ4v) is 1.29. The van der Waals surface area contributed by atoms with E-state index in [0.717, 1.165) is 5.56 Å². The molecule has 0 saturated carbocycles. The number of carbonyl (C=O) groups is 1. The molecule has 4 heteroatoms. The van der Waals surface area contributed by atoms with Crippen molar-refractivity contribution in [2.75, 3.05) is 14.1 Å². The van der Waals surface area contributed by atoms with Crippen molar-refractivity contribution in [3.05, 3.63) is 35.6 Å². The summed E-state index contributed by atoms with van der Waals surface area (Å²) in [4.78, 5) is 12.9. The van der Waals surface area contributed by atoms with Crippen LogP contribution in [0.15, 0.2) is 24.3 Å². The van der Waals surface area contributed by atoms with Crippen molar-refractivity contribution >= 4 is 5.91 Å². The van der Waals surface area contributed by atoms with Crippen molar-refractivity contribution in [1.29, 1.82) is 0 Å². The molecule has 1 rings (SSSR count). The Bertz CT molecular complexity index is 335. The van der Waals surface area contributed by atoms with Gasteiger partial charge in [0, 0.05) is 14.1 Å². The van der Waals surface area contributed by atoms with Gasteiger partial charge in [0.25, 0.3) is 0 Å². The molecule has 1 unspecified atom stereocenters. The van der Waals surface area contributed by atoms with E-state index in [4.69, 9.17) is 5.73 Å². The molecule has 0 fully saturated rings. The summed E-state index contributed by atoms with van der Waals surface area (Å²) in [6, 6.07) is 5.44. The van der Waals surface area contributed by atoms with Gasteiger partial charge in [-0.15, -0.1) is 0 Å². The molecule has 0 radical (unpaired) electrons. The number of nitrogens with zero attached hydrogens (tertiary/aromatic N) is 1. The SMILES string of the molecule is CN(C)C(=O)C(N)Cc1ccc(F)cc1. The van der Waals surface area contributed by atoms with Gasteiger partial charge in [-0.1, -0.05) is 12.1 Å². The van der Waals surface area contributed by atoms with E-state index in [0.29, 0.717) is 6.42 Å². The highest BCUT2D eigenvalue weighted by molar-refractivity contribution is 5.81. The molecule has 1 aromatic rings. The topological polar surface area (TPSA) is 46.3 Å². The van der Waals surface area contributed by atoms with Crippen LogP contribution in [0.5, 0.6) is 0 Å². The molecular formula is C11H15FN2O. The Morgan fingerprint density at radius 2 is 1.93 bits per heavy atom. The van der Waals surface area contributed by atoms with Gasteiger partial charge < -0.3 is 10.6 Å². The summed E-state index contributed by atoms with van der Waals surface area (Å²) in [6.07, 6.45) is 0.428. The number of amides is 1. The molecule has 1 amide bonds. The standard InChI is InChI=1S/C11H15FN2O/c1-14(2)11(15)10(13)7-8-3-5-9(12)6-4-8/h3-6,10H,7,13H2,1-2H3. The normalized spacial score (nSPS) is 12.3. The highest BCUT2D eigenvalue weighted by Gasteiger charge is 2.15. The number of benzene rings is 1. The number of hydrogen-bond acceptors (Lipinski definition) is 2. The minimum Gasteiger partial charge on any atom is -0.347 e. The van der Waals surface area contributed by atoms with Crippen molar-refractivity contribution in [3.8, 4) is 0 Å². The van der Waals surface area contributed by atoms with Crippen LogP contribution < -0.4 is 5.73 Å². The zero-order chi connectivity index (χ0) is 11.4. The molecule has 0 spiro atoms. The summed E-state index contributed by atoms with van der Waals surface area (Å²) in [5, 5.41) is 0. The second-order valence-corrected chi connectivity index (χ2v) is 3.67. The average Bonchev–Trinajstić information content (AvgIpc) is 2.20. The molecule has 3 nitrogen and oxygen atoms in total. The number of halogens is 1. The van der Waals surface area contributed by atoms with Gasteiger partial charge in [-0.3, -0.25) is 4.79 Å². The third-order valence-electron chi connectivity index (χ3n) is 2.13. The monoisotopic (exact) mass is 210 g/mol. The van der Waals surface area contributed by atoms with Crippen LogP contribution in [0.3, 0.4) is 0 Å². The molecule has 1 aromatic carbocycles. The Morgan fingerprint density at radius 1 is 1.40 bits per heavy atom. The van der Waals surface area contributed by atoms with Crippen LogP contribution in [0.4, 0.5) is 4.39 Å². The highest BCUT2D eigenvalue weighted by Crippen LogP contribution is 2.05. The predicted octanol–water partition coefficient (Wildman–Crippen LogP) is 0.784. The molecule has 0 saturated heterocycles. The summed E-state index contributed by atoms with van der Waals surface area (Å²) >= 11 is 0. The summed E-state index contributed by atoms with van der Waals surface area (Å²) in [5.41, 5.74) is 6.56. The molecule has 0 bridgehead atoms. The van der Waals surface area contributed by atoms with Crippen molar-refractivity contribution < 1.29 is 9.18 Å². The Balaban J connectivity index is 2.62. The lowest BCUT2D eigenvalue weighted by molar-refractivity contribution is -0.130. The van der Waals surface area contributed by atoms with E-state index in [2.05, 4.69) is 0 Å². The van der Waals surface area contributed by atoms with E-state index in [1.165, 1.54) is 17.0 Å². The zero-order valence-electron chi connectivity index (χ0n) is 8.90. The van der Waals surface area contributed by atoms with Crippen LogP contribution in [0.2, 0.25) is 0 Å². The van der Waals surface area contributed by atoms with E-state index < -0.39 is 6.04 Å². The van der Waals surface area contributed by atoms with Crippen molar-refractivity contribution in [1.82, 2.24) is 4.90 Å². The average molecular weight is 210 g/mol. The van der Waals surface area contributed by atoms with Crippen LogP contribution in [0, 0.1) is 5.82 Å².